The van der Waals surface area contributed by atoms with E-state index in [4.69, 9.17) is 4.74 Å². The highest BCUT2D eigenvalue weighted by Gasteiger charge is 2.36. The molecule has 198 valence electrons. The molecule has 0 atom stereocenters. The van der Waals surface area contributed by atoms with Crippen molar-refractivity contribution in [2.45, 2.75) is 113 Å². The van der Waals surface area contributed by atoms with Crippen molar-refractivity contribution in [3.63, 3.8) is 0 Å². The number of aromatic nitrogens is 1. The van der Waals surface area contributed by atoms with Gasteiger partial charge in [0.05, 0.1) is 12.3 Å². The van der Waals surface area contributed by atoms with E-state index >= 15 is 0 Å². The fraction of sp³-hybridized carbons (Fsp3) is 0.783. The molecular weight excluding hydrogens is 492 g/mol. The molecule has 0 bridgehead atoms. The van der Waals surface area contributed by atoms with Crippen molar-refractivity contribution in [1.82, 2.24) is 14.6 Å². The summed E-state index contributed by atoms with van der Waals surface area (Å²) in [5, 5.41) is 12.2. The fourth-order valence-electron chi connectivity index (χ4n) is 4.79. The molecule has 0 unspecified atom stereocenters. The third-order valence-corrected chi connectivity index (χ3v) is 9.71. The predicted octanol–water partition coefficient (Wildman–Crippen LogP) is 4.19. The summed E-state index contributed by atoms with van der Waals surface area (Å²) in [5.74, 6) is -1.29. The molecule has 0 aromatic carbocycles. The molecular formula is C23H38N4O6S2. The molecule has 2 fully saturated rings. The molecule has 2 aliphatic carbocycles. The lowest BCUT2D eigenvalue weighted by atomic mass is 9.88. The van der Waals surface area contributed by atoms with Crippen LogP contribution >= 0.6 is 11.3 Å². The third-order valence-electron chi connectivity index (χ3n) is 6.68. The second-order valence-corrected chi connectivity index (χ2v) is 12.9. The maximum Gasteiger partial charge on any atom is 0.324 e. The summed E-state index contributed by atoms with van der Waals surface area (Å²) in [4.78, 5) is 30.8. The van der Waals surface area contributed by atoms with Crippen LogP contribution in [0.2, 0.25) is 0 Å². The van der Waals surface area contributed by atoms with Crippen LogP contribution in [0.3, 0.4) is 0 Å². The SMILES string of the molecule is CCCOC1CCC(N(C(=O)Nc2ncc(S(=O)(=O)NC(C)(C)C(=O)O)s2)C2CCCCC2)CC1. The van der Waals surface area contributed by atoms with E-state index in [1.165, 1.54) is 20.3 Å². The number of carboxylic acids is 1. The predicted molar refractivity (Wildman–Crippen MR) is 134 cm³/mol. The Balaban J connectivity index is 1.70. The first-order valence-electron chi connectivity index (χ1n) is 12.5. The summed E-state index contributed by atoms with van der Waals surface area (Å²) < 4.78 is 33.2. The van der Waals surface area contributed by atoms with E-state index in [-0.39, 0.29) is 33.6 Å². The number of anilines is 1. The molecule has 3 rings (SSSR count). The number of hydrogen-bond donors (Lipinski definition) is 3. The quantitative estimate of drug-likeness (QED) is 0.412. The first-order valence-corrected chi connectivity index (χ1v) is 14.8. The maximum atomic E-state index is 13.4. The second kappa shape index (κ2) is 12.0. The largest absolute Gasteiger partial charge is 0.480 e. The van der Waals surface area contributed by atoms with Crippen LogP contribution in [0.25, 0.3) is 0 Å². The molecule has 0 spiro atoms. The molecule has 2 aliphatic rings. The first kappa shape index (κ1) is 27.8. The van der Waals surface area contributed by atoms with Gasteiger partial charge in [-0.15, -0.1) is 0 Å². The number of carbonyl (C=O) groups excluding carboxylic acids is 1. The topological polar surface area (TPSA) is 138 Å². The van der Waals surface area contributed by atoms with Crippen LogP contribution in [0.5, 0.6) is 0 Å². The molecule has 1 heterocycles. The number of nitrogens with zero attached hydrogens (tertiary/aromatic N) is 2. The van der Waals surface area contributed by atoms with Crippen molar-refractivity contribution in [3.05, 3.63) is 6.20 Å². The number of nitrogens with one attached hydrogen (secondary N) is 2. The van der Waals surface area contributed by atoms with Gasteiger partial charge < -0.3 is 14.7 Å². The Labute approximate surface area is 211 Å². The third kappa shape index (κ3) is 7.37. The van der Waals surface area contributed by atoms with Crippen LogP contribution in [0.4, 0.5) is 9.93 Å². The summed E-state index contributed by atoms with van der Waals surface area (Å²) in [5.41, 5.74) is -1.68. The monoisotopic (exact) mass is 530 g/mol. The number of carboxylic acid groups (broad SMARTS) is 1. The lowest BCUT2D eigenvalue weighted by Gasteiger charge is -2.42. The Hall–Kier alpha value is -1.76. The molecule has 0 aliphatic heterocycles. The molecule has 10 nitrogen and oxygen atoms in total. The van der Waals surface area contributed by atoms with Gasteiger partial charge >= 0.3 is 12.0 Å². The van der Waals surface area contributed by atoms with Crippen molar-refractivity contribution in [1.29, 1.82) is 0 Å². The van der Waals surface area contributed by atoms with Crippen LogP contribution < -0.4 is 10.0 Å². The molecule has 1 aromatic heterocycles. The Morgan fingerprint density at radius 2 is 1.77 bits per heavy atom. The van der Waals surface area contributed by atoms with Gasteiger partial charge in [-0.3, -0.25) is 10.1 Å². The molecule has 0 radical (unpaired) electrons. The van der Waals surface area contributed by atoms with Crippen LogP contribution in [-0.4, -0.2) is 65.7 Å². The van der Waals surface area contributed by atoms with E-state index in [1.807, 2.05) is 4.90 Å². The number of sulfonamides is 1. The number of carbonyl (C=O) groups is 2. The van der Waals surface area contributed by atoms with Crippen LogP contribution in [-0.2, 0) is 19.6 Å². The van der Waals surface area contributed by atoms with E-state index in [1.54, 1.807) is 0 Å². The lowest BCUT2D eigenvalue weighted by molar-refractivity contribution is -0.142. The van der Waals surface area contributed by atoms with Crippen LogP contribution in [0, 0.1) is 0 Å². The zero-order chi connectivity index (χ0) is 25.6. The summed E-state index contributed by atoms with van der Waals surface area (Å²) in [7, 11) is -4.11. The average molecular weight is 531 g/mol. The summed E-state index contributed by atoms with van der Waals surface area (Å²) in [6, 6.07) is 0.00998. The molecule has 35 heavy (non-hydrogen) atoms. The minimum absolute atomic E-state index is 0.112. The van der Waals surface area contributed by atoms with Crippen LogP contribution in [0.1, 0.15) is 85.0 Å². The molecule has 12 heteroatoms. The Kier molecular flexibility index (Phi) is 9.53. The van der Waals surface area contributed by atoms with Crippen molar-refractivity contribution >= 4 is 38.5 Å². The normalized spacial score (nSPS) is 22.0. The minimum atomic E-state index is -4.11. The standard InChI is InChI=1S/C23H38N4O6S2/c1-4-14-33-18-12-10-17(11-13-18)27(16-8-6-5-7-9-16)22(30)25-21-24-15-19(34-21)35(31,32)26-23(2,3)20(28)29/h15-18,26H,4-14H2,1-3H3,(H,28,29)(H,24,25,30). The van der Waals surface area contributed by atoms with E-state index in [9.17, 15) is 23.1 Å². The second-order valence-electron chi connectivity index (χ2n) is 9.95. The fourth-order valence-corrected chi connectivity index (χ4v) is 7.18. The smallest absolute Gasteiger partial charge is 0.324 e. The Morgan fingerprint density at radius 1 is 1.14 bits per heavy atom. The number of ether oxygens (including phenoxy) is 1. The van der Waals surface area contributed by atoms with Gasteiger partial charge in [0.15, 0.2) is 9.34 Å². The highest BCUT2D eigenvalue weighted by atomic mass is 32.2. The molecule has 0 saturated heterocycles. The first-order chi connectivity index (χ1) is 16.5. The number of rotatable bonds is 10. The van der Waals surface area contributed by atoms with Gasteiger partial charge in [0, 0.05) is 18.7 Å². The number of aliphatic carboxylic acids is 1. The number of thiazole rings is 1. The van der Waals surface area contributed by atoms with E-state index in [0.29, 0.717) is 0 Å². The Bertz CT molecular complexity index is 966. The average Bonchev–Trinajstić information content (AvgIpc) is 3.28. The number of amides is 2. The summed E-state index contributed by atoms with van der Waals surface area (Å²) >= 11 is 0.808. The van der Waals surface area contributed by atoms with E-state index < -0.39 is 21.5 Å². The van der Waals surface area contributed by atoms with Gasteiger partial charge in [-0.05, 0) is 58.8 Å². The van der Waals surface area contributed by atoms with Crippen molar-refractivity contribution < 1.29 is 27.9 Å². The molecule has 1 aromatic rings. The number of hydrogen-bond acceptors (Lipinski definition) is 7. The number of urea groups is 1. The maximum absolute atomic E-state index is 13.4. The van der Waals surface area contributed by atoms with Gasteiger partial charge in [0.2, 0.25) is 0 Å². The molecule has 2 saturated carbocycles. The highest BCUT2D eigenvalue weighted by molar-refractivity contribution is 7.91. The van der Waals surface area contributed by atoms with Gasteiger partial charge in [0.25, 0.3) is 10.0 Å². The van der Waals surface area contributed by atoms with Crippen molar-refractivity contribution in [3.8, 4) is 0 Å². The van der Waals surface area contributed by atoms with Gasteiger partial charge in [-0.25, -0.2) is 18.2 Å². The zero-order valence-corrected chi connectivity index (χ0v) is 22.4. The van der Waals surface area contributed by atoms with Gasteiger partial charge in [-0.1, -0.05) is 37.5 Å². The van der Waals surface area contributed by atoms with Crippen molar-refractivity contribution in [2.75, 3.05) is 11.9 Å². The van der Waals surface area contributed by atoms with Gasteiger partial charge in [0.1, 0.15) is 5.54 Å². The summed E-state index contributed by atoms with van der Waals surface area (Å²) in [6.07, 6.45) is 11.3. The molecule has 2 amide bonds. The highest BCUT2D eigenvalue weighted by Crippen LogP contribution is 2.32. The van der Waals surface area contributed by atoms with Gasteiger partial charge in [-0.2, -0.15) is 4.72 Å². The Morgan fingerprint density at radius 3 is 2.37 bits per heavy atom. The van der Waals surface area contributed by atoms with Crippen LogP contribution in [0.15, 0.2) is 10.4 Å². The minimum Gasteiger partial charge on any atom is -0.480 e. The molecule has 3 N–H and O–H groups in total. The van der Waals surface area contributed by atoms with Crippen molar-refractivity contribution in [2.24, 2.45) is 0 Å². The van der Waals surface area contributed by atoms with E-state index in [2.05, 4.69) is 21.9 Å². The summed E-state index contributed by atoms with van der Waals surface area (Å²) in [6.45, 7) is 5.39. The zero-order valence-electron chi connectivity index (χ0n) is 20.8. The lowest BCUT2D eigenvalue weighted by Crippen LogP contribution is -2.51. The van der Waals surface area contributed by atoms with E-state index in [0.717, 1.165) is 81.9 Å².